The second-order valence-corrected chi connectivity index (χ2v) is 3.45. The molecule has 0 atom stereocenters. The van der Waals surface area contributed by atoms with E-state index in [2.05, 4.69) is 5.32 Å². The van der Waals surface area contributed by atoms with Crippen LogP contribution in [0.4, 0.5) is 0 Å². The Morgan fingerprint density at radius 3 is 2.87 bits per heavy atom. The van der Waals surface area contributed by atoms with Gasteiger partial charge in [-0.2, -0.15) is 0 Å². The molecule has 4 heteroatoms. The molecule has 1 aromatic rings. The van der Waals surface area contributed by atoms with Crippen molar-refractivity contribution >= 4 is 11.6 Å². The van der Waals surface area contributed by atoms with Crippen LogP contribution in [0, 0.1) is 0 Å². The number of benzene rings is 1. The fraction of sp³-hybridized carbons (Fsp3) is 0.455. The molecule has 84 valence electrons. The van der Waals surface area contributed by atoms with Crippen LogP contribution in [0.3, 0.4) is 0 Å². The summed E-state index contributed by atoms with van der Waals surface area (Å²) in [6.45, 7) is 3.89. The van der Waals surface area contributed by atoms with E-state index in [1.165, 1.54) is 0 Å². The van der Waals surface area contributed by atoms with Crippen LogP contribution in [0.15, 0.2) is 18.2 Å². The summed E-state index contributed by atoms with van der Waals surface area (Å²) in [5.74, 6) is 0.769. The van der Waals surface area contributed by atoms with E-state index in [9.17, 15) is 0 Å². The van der Waals surface area contributed by atoms with Gasteiger partial charge in [0, 0.05) is 24.2 Å². The minimum Gasteiger partial charge on any atom is -0.467 e. The lowest BCUT2D eigenvalue weighted by molar-refractivity contribution is 0.0504. The van der Waals surface area contributed by atoms with Gasteiger partial charge in [-0.1, -0.05) is 24.6 Å². The minimum atomic E-state index is 0.236. The van der Waals surface area contributed by atoms with E-state index in [1.54, 1.807) is 7.11 Å². The highest BCUT2D eigenvalue weighted by molar-refractivity contribution is 6.31. The third kappa shape index (κ3) is 3.70. The van der Waals surface area contributed by atoms with Gasteiger partial charge in [0.05, 0.1) is 0 Å². The van der Waals surface area contributed by atoms with Gasteiger partial charge in [0.25, 0.3) is 0 Å². The Balaban J connectivity index is 2.77. The molecule has 0 heterocycles. The first-order valence-corrected chi connectivity index (χ1v) is 5.27. The lowest BCUT2D eigenvalue weighted by Crippen LogP contribution is -2.13. The molecule has 0 fully saturated rings. The Morgan fingerprint density at radius 2 is 2.20 bits per heavy atom. The summed E-state index contributed by atoms with van der Waals surface area (Å²) in [5.41, 5.74) is 0.970. The van der Waals surface area contributed by atoms with Crippen molar-refractivity contribution < 1.29 is 9.47 Å². The van der Waals surface area contributed by atoms with Crippen LogP contribution in [-0.4, -0.2) is 20.4 Å². The number of hydrogen-bond donors (Lipinski definition) is 1. The largest absolute Gasteiger partial charge is 0.467 e. The van der Waals surface area contributed by atoms with Crippen molar-refractivity contribution in [3.63, 3.8) is 0 Å². The quantitative estimate of drug-likeness (QED) is 0.760. The Hall–Kier alpha value is -0.770. The van der Waals surface area contributed by atoms with Gasteiger partial charge in [-0.05, 0) is 18.7 Å². The third-order valence-electron chi connectivity index (χ3n) is 1.96. The van der Waals surface area contributed by atoms with Gasteiger partial charge in [0.2, 0.25) is 0 Å². The average Bonchev–Trinajstić information content (AvgIpc) is 2.25. The second kappa shape index (κ2) is 6.67. The van der Waals surface area contributed by atoms with Crippen molar-refractivity contribution in [3.05, 3.63) is 28.8 Å². The maximum Gasteiger partial charge on any atom is 0.188 e. The minimum absolute atomic E-state index is 0.236. The van der Waals surface area contributed by atoms with Crippen molar-refractivity contribution in [2.45, 2.75) is 13.5 Å². The summed E-state index contributed by atoms with van der Waals surface area (Å²) in [6.07, 6.45) is 0. The van der Waals surface area contributed by atoms with Gasteiger partial charge in [-0.15, -0.1) is 0 Å². The van der Waals surface area contributed by atoms with E-state index in [-0.39, 0.29) is 6.79 Å². The normalized spacial score (nSPS) is 10.3. The standard InChI is InChI=1S/C11H16ClNO2/c1-3-13-7-9-10(12)5-4-6-11(9)15-8-14-2/h4-6,13H,3,7-8H2,1-2H3. The molecule has 0 saturated heterocycles. The Kier molecular flexibility index (Phi) is 5.47. The van der Waals surface area contributed by atoms with Gasteiger partial charge < -0.3 is 14.8 Å². The number of ether oxygens (including phenoxy) is 2. The van der Waals surface area contributed by atoms with E-state index in [4.69, 9.17) is 21.1 Å². The highest BCUT2D eigenvalue weighted by Crippen LogP contribution is 2.26. The molecule has 3 nitrogen and oxygen atoms in total. The zero-order chi connectivity index (χ0) is 11.1. The first kappa shape index (κ1) is 12.3. The molecule has 0 amide bonds. The predicted molar refractivity (Wildman–Crippen MR) is 61.3 cm³/mol. The number of methoxy groups -OCH3 is 1. The van der Waals surface area contributed by atoms with Crippen LogP contribution < -0.4 is 10.1 Å². The first-order chi connectivity index (χ1) is 7.29. The molecule has 1 aromatic carbocycles. The van der Waals surface area contributed by atoms with Gasteiger partial charge in [-0.3, -0.25) is 0 Å². The van der Waals surface area contributed by atoms with E-state index < -0.39 is 0 Å². The molecule has 15 heavy (non-hydrogen) atoms. The molecule has 1 rings (SSSR count). The molecule has 0 spiro atoms. The molecule has 0 bridgehead atoms. The van der Waals surface area contributed by atoms with E-state index in [0.717, 1.165) is 17.9 Å². The molecule has 1 N–H and O–H groups in total. The molecular formula is C11H16ClNO2. The summed E-state index contributed by atoms with van der Waals surface area (Å²) >= 11 is 6.08. The molecular weight excluding hydrogens is 214 g/mol. The zero-order valence-corrected chi connectivity index (χ0v) is 9.80. The topological polar surface area (TPSA) is 30.5 Å². The van der Waals surface area contributed by atoms with E-state index in [0.29, 0.717) is 11.6 Å². The summed E-state index contributed by atoms with van der Waals surface area (Å²) in [7, 11) is 1.59. The van der Waals surface area contributed by atoms with Crippen molar-refractivity contribution in [3.8, 4) is 5.75 Å². The van der Waals surface area contributed by atoms with Crippen LogP contribution in [-0.2, 0) is 11.3 Å². The number of nitrogens with one attached hydrogen (secondary N) is 1. The van der Waals surface area contributed by atoms with Crippen molar-refractivity contribution in [2.75, 3.05) is 20.4 Å². The second-order valence-electron chi connectivity index (χ2n) is 3.05. The number of halogens is 1. The van der Waals surface area contributed by atoms with Crippen molar-refractivity contribution in [2.24, 2.45) is 0 Å². The van der Waals surface area contributed by atoms with Crippen molar-refractivity contribution in [1.82, 2.24) is 5.32 Å². The molecule has 0 aliphatic heterocycles. The van der Waals surface area contributed by atoms with Crippen LogP contribution in [0.2, 0.25) is 5.02 Å². The highest BCUT2D eigenvalue weighted by Gasteiger charge is 2.07. The Morgan fingerprint density at radius 1 is 1.40 bits per heavy atom. The van der Waals surface area contributed by atoms with Gasteiger partial charge >= 0.3 is 0 Å². The Bertz CT molecular complexity index is 305. The number of hydrogen-bond acceptors (Lipinski definition) is 3. The monoisotopic (exact) mass is 229 g/mol. The zero-order valence-electron chi connectivity index (χ0n) is 9.05. The summed E-state index contributed by atoms with van der Waals surface area (Å²) in [6, 6.07) is 5.61. The van der Waals surface area contributed by atoms with Gasteiger partial charge in [0.1, 0.15) is 5.75 Å². The molecule has 0 aliphatic rings. The van der Waals surface area contributed by atoms with Crippen LogP contribution in [0.1, 0.15) is 12.5 Å². The smallest absolute Gasteiger partial charge is 0.188 e. The lowest BCUT2D eigenvalue weighted by atomic mass is 10.2. The predicted octanol–water partition coefficient (Wildman–Crippen LogP) is 2.43. The summed E-state index contributed by atoms with van der Waals surface area (Å²) in [4.78, 5) is 0. The Labute approximate surface area is 95.3 Å². The lowest BCUT2D eigenvalue weighted by Gasteiger charge is -2.12. The van der Waals surface area contributed by atoms with Crippen LogP contribution >= 0.6 is 11.6 Å². The van der Waals surface area contributed by atoms with Gasteiger partial charge in [-0.25, -0.2) is 0 Å². The highest BCUT2D eigenvalue weighted by atomic mass is 35.5. The fourth-order valence-corrected chi connectivity index (χ4v) is 1.45. The molecule has 0 aromatic heterocycles. The van der Waals surface area contributed by atoms with Crippen LogP contribution in [0.5, 0.6) is 5.75 Å². The molecule has 0 saturated carbocycles. The SMILES string of the molecule is CCNCc1c(Cl)cccc1OCOC. The maximum atomic E-state index is 6.08. The van der Waals surface area contributed by atoms with Crippen LogP contribution in [0.25, 0.3) is 0 Å². The molecule has 0 aliphatic carbocycles. The summed E-state index contributed by atoms with van der Waals surface area (Å²) in [5, 5.41) is 3.93. The maximum absolute atomic E-state index is 6.08. The fourth-order valence-electron chi connectivity index (χ4n) is 1.22. The molecule has 0 unspecified atom stereocenters. The molecule has 0 radical (unpaired) electrons. The third-order valence-corrected chi connectivity index (χ3v) is 2.31. The van der Waals surface area contributed by atoms with Gasteiger partial charge in [0.15, 0.2) is 6.79 Å². The first-order valence-electron chi connectivity index (χ1n) is 4.89. The van der Waals surface area contributed by atoms with E-state index >= 15 is 0 Å². The van der Waals surface area contributed by atoms with Crippen molar-refractivity contribution in [1.29, 1.82) is 0 Å². The summed E-state index contributed by atoms with van der Waals surface area (Å²) < 4.78 is 10.3. The average molecular weight is 230 g/mol. The number of rotatable bonds is 6. The van der Waals surface area contributed by atoms with E-state index in [1.807, 2.05) is 25.1 Å².